The van der Waals surface area contributed by atoms with Gasteiger partial charge in [0.05, 0.1) is 10.5 Å². The van der Waals surface area contributed by atoms with Gasteiger partial charge >= 0.3 is 6.18 Å². The molecule has 1 atom stereocenters. The number of rotatable bonds is 2. The smallest absolute Gasteiger partial charge is 0.312 e. The summed E-state index contributed by atoms with van der Waals surface area (Å²) in [4.78, 5) is -0.111. The van der Waals surface area contributed by atoms with E-state index in [9.17, 15) is 21.6 Å². The number of hydrogen-bond acceptors (Lipinski definition) is 3. The SMILES string of the molecule is CC1CN(S(=O)(=O)c2ccc(C(F)(F)F)cc2)CCN1. The lowest BCUT2D eigenvalue weighted by atomic mass is 10.2. The Hall–Kier alpha value is -1.12. The topological polar surface area (TPSA) is 49.4 Å². The Morgan fingerprint density at radius 3 is 2.35 bits per heavy atom. The van der Waals surface area contributed by atoms with Crippen molar-refractivity contribution in [2.75, 3.05) is 19.6 Å². The molecule has 1 aliphatic rings. The van der Waals surface area contributed by atoms with Gasteiger partial charge in [-0.3, -0.25) is 0 Å². The fraction of sp³-hybridized carbons (Fsp3) is 0.500. The third-order valence-electron chi connectivity index (χ3n) is 3.15. The van der Waals surface area contributed by atoms with Crippen LogP contribution in [0.3, 0.4) is 0 Å². The lowest BCUT2D eigenvalue weighted by Gasteiger charge is -2.31. The van der Waals surface area contributed by atoms with Crippen LogP contribution in [0.4, 0.5) is 13.2 Å². The van der Waals surface area contributed by atoms with Gasteiger partial charge in [-0.1, -0.05) is 0 Å². The monoisotopic (exact) mass is 308 g/mol. The predicted molar refractivity (Wildman–Crippen MR) is 67.7 cm³/mol. The standard InChI is InChI=1S/C12H15F3N2O2S/c1-9-8-17(7-6-16-9)20(18,19)11-4-2-10(3-5-11)12(13,14)15/h2-5,9,16H,6-8H2,1H3. The van der Waals surface area contributed by atoms with Crippen LogP contribution in [0.2, 0.25) is 0 Å². The first-order valence-electron chi connectivity index (χ1n) is 6.12. The summed E-state index contributed by atoms with van der Waals surface area (Å²) in [5.74, 6) is 0. The van der Waals surface area contributed by atoms with Gasteiger partial charge in [0.2, 0.25) is 10.0 Å². The summed E-state index contributed by atoms with van der Waals surface area (Å²) >= 11 is 0. The molecular formula is C12H15F3N2O2S. The number of hydrogen-bond donors (Lipinski definition) is 1. The van der Waals surface area contributed by atoms with Crippen molar-refractivity contribution in [2.24, 2.45) is 0 Å². The summed E-state index contributed by atoms with van der Waals surface area (Å²) in [6.45, 7) is 3.01. The molecule has 0 spiro atoms. The number of halogens is 3. The first-order chi connectivity index (χ1) is 9.21. The van der Waals surface area contributed by atoms with E-state index in [-0.39, 0.29) is 10.9 Å². The molecule has 0 aliphatic carbocycles. The third kappa shape index (κ3) is 3.13. The van der Waals surface area contributed by atoms with Crippen molar-refractivity contribution in [1.82, 2.24) is 9.62 Å². The molecule has 1 aromatic carbocycles. The van der Waals surface area contributed by atoms with Crippen molar-refractivity contribution < 1.29 is 21.6 Å². The van der Waals surface area contributed by atoms with Crippen molar-refractivity contribution in [2.45, 2.75) is 24.0 Å². The Balaban J connectivity index is 2.26. The van der Waals surface area contributed by atoms with Gasteiger partial charge in [-0.25, -0.2) is 8.42 Å². The van der Waals surface area contributed by atoms with Crippen LogP contribution in [-0.2, 0) is 16.2 Å². The highest BCUT2D eigenvalue weighted by Gasteiger charge is 2.32. The van der Waals surface area contributed by atoms with Crippen LogP contribution < -0.4 is 5.32 Å². The van der Waals surface area contributed by atoms with E-state index in [0.29, 0.717) is 19.6 Å². The van der Waals surface area contributed by atoms with Gasteiger partial charge in [-0.2, -0.15) is 17.5 Å². The molecular weight excluding hydrogens is 293 g/mol. The van der Waals surface area contributed by atoms with E-state index in [1.165, 1.54) is 4.31 Å². The van der Waals surface area contributed by atoms with Crippen molar-refractivity contribution in [1.29, 1.82) is 0 Å². The second kappa shape index (κ2) is 5.34. The number of nitrogens with one attached hydrogen (secondary N) is 1. The van der Waals surface area contributed by atoms with E-state index < -0.39 is 21.8 Å². The van der Waals surface area contributed by atoms with Crippen LogP contribution in [0.1, 0.15) is 12.5 Å². The Morgan fingerprint density at radius 1 is 1.25 bits per heavy atom. The van der Waals surface area contributed by atoms with Crippen LogP contribution in [0, 0.1) is 0 Å². The summed E-state index contributed by atoms with van der Waals surface area (Å²) in [7, 11) is -3.73. The maximum Gasteiger partial charge on any atom is 0.416 e. The Bertz CT molecular complexity index is 569. The Morgan fingerprint density at radius 2 is 1.85 bits per heavy atom. The molecule has 0 saturated carbocycles. The van der Waals surface area contributed by atoms with E-state index in [1.807, 2.05) is 6.92 Å². The predicted octanol–water partition coefficient (Wildman–Crippen LogP) is 1.69. The molecule has 1 N–H and O–H groups in total. The van der Waals surface area contributed by atoms with Gasteiger partial charge in [-0.05, 0) is 31.2 Å². The molecule has 1 saturated heterocycles. The molecule has 1 unspecified atom stereocenters. The average Bonchev–Trinajstić information content (AvgIpc) is 2.38. The number of nitrogens with zero attached hydrogens (tertiary/aromatic N) is 1. The van der Waals surface area contributed by atoms with E-state index in [2.05, 4.69) is 5.32 Å². The van der Waals surface area contributed by atoms with Crippen molar-refractivity contribution in [3.63, 3.8) is 0 Å². The van der Waals surface area contributed by atoms with E-state index in [4.69, 9.17) is 0 Å². The summed E-state index contributed by atoms with van der Waals surface area (Å²) < 4.78 is 63.3. The molecule has 112 valence electrons. The van der Waals surface area contributed by atoms with Crippen LogP contribution in [0.15, 0.2) is 29.2 Å². The zero-order valence-electron chi connectivity index (χ0n) is 10.8. The van der Waals surface area contributed by atoms with E-state index in [1.54, 1.807) is 0 Å². The number of benzene rings is 1. The zero-order chi connectivity index (χ0) is 15.0. The maximum absolute atomic E-state index is 12.5. The summed E-state index contributed by atoms with van der Waals surface area (Å²) in [6, 6.07) is 3.61. The maximum atomic E-state index is 12.5. The van der Waals surface area contributed by atoms with Gasteiger partial charge in [0, 0.05) is 25.7 Å². The Kier molecular flexibility index (Phi) is 4.08. The lowest BCUT2D eigenvalue weighted by Crippen LogP contribution is -2.51. The van der Waals surface area contributed by atoms with Crippen LogP contribution >= 0.6 is 0 Å². The van der Waals surface area contributed by atoms with Gasteiger partial charge in [-0.15, -0.1) is 0 Å². The molecule has 4 nitrogen and oxygen atoms in total. The highest BCUT2D eigenvalue weighted by molar-refractivity contribution is 7.89. The molecule has 0 aromatic heterocycles. The first kappa shape index (κ1) is 15.3. The van der Waals surface area contributed by atoms with Gasteiger partial charge in [0.15, 0.2) is 0 Å². The lowest BCUT2D eigenvalue weighted by molar-refractivity contribution is -0.137. The molecule has 1 heterocycles. The van der Waals surface area contributed by atoms with Gasteiger partial charge in [0.1, 0.15) is 0 Å². The highest BCUT2D eigenvalue weighted by Crippen LogP contribution is 2.30. The Labute approximate surface area is 115 Å². The van der Waals surface area contributed by atoms with E-state index in [0.717, 1.165) is 24.3 Å². The largest absolute Gasteiger partial charge is 0.416 e. The third-order valence-corrected chi connectivity index (χ3v) is 5.03. The van der Waals surface area contributed by atoms with Crippen LogP contribution in [0.5, 0.6) is 0 Å². The number of piperazine rings is 1. The fourth-order valence-electron chi connectivity index (χ4n) is 2.08. The summed E-state index contributed by atoms with van der Waals surface area (Å²) in [5.41, 5.74) is -0.856. The minimum atomic E-state index is -4.47. The number of sulfonamides is 1. The molecule has 0 amide bonds. The molecule has 1 fully saturated rings. The molecule has 0 bridgehead atoms. The van der Waals surface area contributed by atoms with Crippen LogP contribution in [-0.4, -0.2) is 38.4 Å². The number of alkyl halides is 3. The second-order valence-corrected chi connectivity index (χ2v) is 6.68. The highest BCUT2D eigenvalue weighted by atomic mass is 32.2. The van der Waals surface area contributed by atoms with Crippen molar-refractivity contribution >= 4 is 10.0 Å². The van der Waals surface area contributed by atoms with Gasteiger partial charge < -0.3 is 5.32 Å². The summed E-state index contributed by atoms with van der Waals surface area (Å²) in [5, 5.41) is 3.11. The van der Waals surface area contributed by atoms with Crippen molar-refractivity contribution in [3.05, 3.63) is 29.8 Å². The molecule has 20 heavy (non-hydrogen) atoms. The minimum absolute atomic E-state index is 0.0213. The van der Waals surface area contributed by atoms with E-state index >= 15 is 0 Å². The molecule has 2 rings (SSSR count). The molecule has 1 aliphatic heterocycles. The zero-order valence-corrected chi connectivity index (χ0v) is 11.6. The molecule has 8 heteroatoms. The summed E-state index contributed by atoms with van der Waals surface area (Å²) in [6.07, 6.45) is -4.47. The van der Waals surface area contributed by atoms with Crippen molar-refractivity contribution in [3.8, 4) is 0 Å². The quantitative estimate of drug-likeness (QED) is 0.904. The molecule has 0 radical (unpaired) electrons. The molecule has 1 aromatic rings. The average molecular weight is 308 g/mol. The first-order valence-corrected chi connectivity index (χ1v) is 7.56. The minimum Gasteiger partial charge on any atom is -0.312 e. The second-order valence-electron chi connectivity index (χ2n) is 4.74. The fourth-order valence-corrected chi connectivity index (χ4v) is 3.61. The van der Waals surface area contributed by atoms with Gasteiger partial charge in [0.25, 0.3) is 0 Å². The normalized spacial score (nSPS) is 21.9. The van der Waals surface area contributed by atoms with Crippen LogP contribution in [0.25, 0.3) is 0 Å².